The standard InChI is InChI=1S/C16H18O8.C15H18O6.C13H16O6.C13H18O5.C12H16O5.C12H18O3.C10H10O5/c1-6(2)14(18)22-5-9(17)23-12-7-4-8-11(10(7)15(19)21-3)16(20)24-13(8)12;1-6(2)13(16)20-5-9-7-4-8-11(10(7)14(17)19-3)15(18)21-12(8)9;1-6(2)12(14)17-4-3-16-10-8-5-7-9(18-8)11(10)19-13(7)15;1-8(2)13(15)16-6-5-12(14)18-11-7-9-3-4-10(11)17-9;1-7(2)12(14)15-6-11(13)17-10-5-8-3-4-9(10)16-8;1-8(2)12(13)14-6-5-9-7-10-3-4-11(9)15-10;1-2-6(11)14-8-5-3-4-7(13-5)9(8)15-10(4)12/h7-8,10-13H,1,4-5H2,2-3H3;7-12H,1,4-5H2,2-3H3;7-11H,1,3-5H2,2H3;9-11H,1,3-7H2,2H3;8-10H,1,3-6H2,2H3;9-11H,1,3-7H2,2H3;2,4-5,7-9H,1,3H2. The second-order valence-electron chi connectivity index (χ2n) is 35.4. The van der Waals surface area contributed by atoms with Crippen LogP contribution in [0.3, 0.4) is 0 Å². The van der Waals surface area contributed by atoms with Crippen LogP contribution >= 0.6 is 0 Å². The maximum absolute atomic E-state index is 12.0. The van der Waals surface area contributed by atoms with E-state index in [2.05, 4.69) is 46.1 Å². The van der Waals surface area contributed by atoms with Gasteiger partial charge in [0.1, 0.15) is 62.0 Å². The van der Waals surface area contributed by atoms with E-state index in [9.17, 15) is 76.7 Å². The first-order valence-corrected chi connectivity index (χ1v) is 43.6. The smallest absolute Gasteiger partial charge is 0.344 e. The third-order valence-electron chi connectivity index (χ3n) is 26.4. The number of hydrogen-bond acceptors (Lipinski definition) is 38. The average molecular weight is 1820 g/mol. The first-order valence-electron chi connectivity index (χ1n) is 43.6. The van der Waals surface area contributed by atoms with Crippen molar-refractivity contribution in [1.29, 1.82) is 0 Å². The lowest BCUT2D eigenvalue weighted by Crippen LogP contribution is -2.44. The second-order valence-corrected chi connectivity index (χ2v) is 35.4. The van der Waals surface area contributed by atoms with Crippen LogP contribution in [-0.2, 0) is 181 Å². The van der Waals surface area contributed by atoms with Gasteiger partial charge in [-0.15, -0.1) is 0 Å². The summed E-state index contributed by atoms with van der Waals surface area (Å²) in [5.41, 5.74) is 1.91. The molecule has 14 bridgehead atoms. The Bertz CT molecular complexity index is 4420. The number of hydrogen-bond donors (Lipinski definition) is 0. The van der Waals surface area contributed by atoms with Crippen LogP contribution in [0.4, 0.5) is 0 Å². The highest BCUT2D eigenvalue weighted by atomic mass is 16.7. The molecule has 31 unspecified atom stereocenters. The van der Waals surface area contributed by atoms with Crippen LogP contribution in [0.15, 0.2) is 85.6 Å². The molecule has 31 atom stereocenters. The zero-order chi connectivity index (χ0) is 93.4. The van der Waals surface area contributed by atoms with Crippen molar-refractivity contribution >= 4 is 95.5 Å². The van der Waals surface area contributed by atoms with Gasteiger partial charge in [-0.2, -0.15) is 0 Å². The van der Waals surface area contributed by atoms with E-state index in [1.807, 2.05) is 0 Å². The summed E-state index contributed by atoms with van der Waals surface area (Å²) in [7, 11) is 2.58. The predicted molar refractivity (Wildman–Crippen MR) is 432 cm³/mol. The van der Waals surface area contributed by atoms with E-state index in [-0.39, 0.29) is 213 Å². The highest BCUT2D eigenvalue weighted by Gasteiger charge is 2.72. The molecular weight excluding hydrogens is 1700 g/mol. The van der Waals surface area contributed by atoms with Crippen molar-refractivity contribution in [2.45, 2.75) is 254 Å². The maximum Gasteiger partial charge on any atom is 0.344 e. The minimum Gasteiger partial charge on any atom is -0.469 e. The Hall–Kier alpha value is -10.5. The predicted octanol–water partition coefficient (Wildman–Crippen LogP) is 5.09. The van der Waals surface area contributed by atoms with E-state index in [1.54, 1.807) is 27.7 Å². The molecule has 0 amide bonds. The Morgan fingerprint density at radius 3 is 1.26 bits per heavy atom. The minimum atomic E-state index is -0.759. The molecule has 38 heteroatoms. The molecule has 18 fully saturated rings. The number of fused-ring (bicyclic) bond motifs is 10. The van der Waals surface area contributed by atoms with Gasteiger partial charge in [0.05, 0.1) is 125 Å². The second kappa shape index (κ2) is 42.6. The number of rotatable bonds is 29. The molecule has 14 heterocycles. The lowest BCUT2D eigenvalue weighted by molar-refractivity contribution is -0.171. The summed E-state index contributed by atoms with van der Waals surface area (Å²) in [6.07, 6.45) is 11.4. The Morgan fingerprint density at radius 2 is 0.791 bits per heavy atom. The third kappa shape index (κ3) is 22.4. The molecule has 18 aliphatic rings. The normalized spacial score (nSPS) is 35.7. The molecule has 0 spiro atoms. The van der Waals surface area contributed by atoms with Gasteiger partial charge in [-0.25, -0.2) is 43.2 Å². The lowest BCUT2D eigenvalue weighted by atomic mass is 9.74. The van der Waals surface area contributed by atoms with Gasteiger partial charge in [0.25, 0.3) is 0 Å². The van der Waals surface area contributed by atoms with E-state index < -0.39 is 108 Å². The van der Waals surface area contributed by atoms with Crippen LogP contribution in [0.2, 0.25) is 0 Å². The Labute approximate surface area is 744 Å². The number of methoxy groups -OCH3 is 2. The molecule has 38 nitrogen and oxygen atoms in total. The van der Waals surface area contributed by atoms with Gasteiger partial charge in [-0.1, -0.05) is 46.1 Å². The molecule has 14 saturated heterocycles. The minimum absolute atomic E-state index is 0.0261. The molecule has 129 heavy (non-hydrogen) atoms. The highest BCUT2D eigenvalue weighted by molar-refractivity contribution is 5.92. The van der Waals surface area contributed by atoms with E-state index in [4.69, 9.17) is 104 Å². The van der Waals surface area contributed by atoms with Gasteiger partial charge in [-0.05, 0) is 130 Å². The fraction of sp³-hybridized carbons (Fsp3) is 0.670. The topological polar surface area (TPSA) is 476 Å². The van der Waals surface area contributed by atoms with Crippen molar-refractivity contribution in [2.75, 3.05) is 60.5 Å². The summed E-state index contributed by atoms with van der Waals surface area (Å²) in [6.45, 7) is 33.7. The van der Waals surface area contributed by atoms with Crippen molar-refractivity contribution in [3.8, 4) is 0 Å². The summed E-state index contributed by atoms with van der Waals surface area (Å²) < 4.78 is 115. The van der Waals surface area contributed by atoms with Crippen molar-refractivity contribution in [3.05, 3.63) is 85.6 Å². The highest BCUT2D eigenvalue weighted by Crippen LogP contribution is 2.62. The van der Waals surface area contributed by atoms with Gasteiger partial charge in [-0.3, -0.25) is 33.6 Å². The van der Waals surface area contributed by atoms with Gasteiger partial charge in [0.2, 0.25) is 0 Å². The molecule has 0 aromatic rings. The first-order chi connectivity index (χ1) is 61.4. The van der Waals surface area contributed by atoms with Crippen LogP contribution in [0.1, 0.15) is 138 Å². The summed E-state index contributed by atoms with van der Waals surface area (Å²) in [4.78, 5) is 184. The van der Waals surface area contributed by atoms with Crippen LogP contribution in [0.5, 0.6) is 0 Å². The molecule has 18 rings (SSSR count). The zero-order valence-electron chi connectivity index (χ0n) is 73.5. The van der Waals surface area contributed by atoms with Crippen LogP contribution < -0.4 is 0 Å². The van der Waals surface area contributed by atoms with Gasteiger partial charge < -0.3 is 104 Å². The summed E-state index contributed by atoms with van der Waals surface area (Å²) in [6, 6.07) is 0. The molecule has 0 radical (unpaired) electrons. The first kappa shape index (κ1) is 97.5. The molecule has 14 aliphatic heterocycles. The molecule has 0 aromatic heterocycles. The summed E-state index contributed by atoms with van der Waals surface area (Å²) >= 11 is 0. The third-order valence-corrected chi connectivity index (χ3v) is 26.4. The van der Waals surface area contributed by atoms with Crippen molar-refractivity contribution in [3.63, 3.8) is 0 Å². The molecule has 706 valence electrons. The zero-order valence-corrected chi connectivity index (χ0v) is 73.5. The van der Waals surface area contributed by atoms with E-state index >= 15 is 0 Å². The molecule has 0 N–H and O–H groups in total. The van der Waals surface area contributed by atoms with Crippen LogP contribution in [0, 0.1) is 71.0 Å². The maximum atomic E-state index is 12.0. The van der Waals surface area contributed by atoms with Gasteiger partial charge in [0, 0.05) is 76.0 Å². The number of carbonyl (C=O) groups is 16. The Kier molecular flexibility index (Phi) is 32.2. The number of carbonyl (C=O) groups excluding carboxylic acids is 16. The fourth-order valence-electron chi connectivity index (χ4n) is 20.6. The monoisotopic (exact) mass is 1810 g/mol. The van der Waals surface area contributed by atoms with E-state index in [0.29, 0.717) is 66.3 Å². The quantitative estimate of drug-likeness (QED) is 0.0407. The van der Waals surface area contributed by atoms with Crippen LogP contribution in [-0.4, -0.2) is 272 Å². The number of ether oxygens (including phenoxy) is 22. The van der Waals surface area contributed by atoms with Crippen molar-refractivity contribution in [1.82, 2.24) is 0 Å². The fourth-order valence-corrected chi connectivity index (χ4v) is 20.6. The summed E-state index contributed by atoms with van der Waals surface area (Å²) in [5.74, 6) is -9.44. The average Bonchev–Trinajstić information content (AvgIpc) is 1.53. The summed E-state index contributed by atoms with van der Waals surface area (Å²) in [5, 5.41) is 0. The number of esters is 16. The van der Waals surface area contributed by atoms with E-state index in [0.717, 1.165) is 63.9 Å². The molecule has 0 aromatic carbocycles. The van der Waals surface area contributed by atoms with Gasteiger partial charge >= 0.3 is 95.5 Å². The van der Waals surface area contributed by atoms with Gasteiger partial charge in [0.15, 0.2) is 31.5 Å². The van der Waals surface area contributed by atoms with E-state index in [1.165, 1.54) is 40.9 Å². The SMILES string of the molecule is C=C(C)C(=O)OCC(=O)OC1C2CC3C1OC(=O)C3C2C(=O)OC.C=C(C)C(=O)OCC(=O)OC1CC2CCC1O2.C=C(C)C(=O)OCC1C2CC3C1OC(=O)C3C2C(=O)OC.C=C(C)C(=O)OCCC(=O)OC1CC2CCC1O2.C=C(C)C(=O)OCCC1CC2CCC1O2.C=C(C)C(=O)OCCOC1C2CC3C(=O)OC1C3O2.C=CC(=O)OC1C2CC3C(=O)OC1C3O2. The van der Waals surface area contributed by atoms with Crippen LogP contribution in [0.25, 0.3) is 0 Å². The molecule has 4 saturated carbocycles. The Balaban J connectivity index is 0.000000137. The molecular formula is C91H114O38. The van der Waals surface area contributed by atoms with Crippen molar-refractivity contribution in [2.24, 2.45) is 71.0 Å². The largest absolute Gasteiger partial charge is 0.469 e. The van der Waals surface area contributed by atoms with Crippen molar-refractivity contribution < 1.29 is 181 Å². The Morgan fingerprint density at radius 1 is 0.372 bits per heavy atom. The molecule has 4 aliphatic carbocycles. The lowest BCUT2D eigenvalue weighted by Gasteiger charge is -2.29.